The molecule has 2 aromatic rings. The molecule has 2 saturated heterocycles. The fourth-order valence-electron chi connectivity index (χ4n) is 7.02. The molecule has 2 atom stereocenters. The first-order valence-corrected chi connectivity index (χ1v) is 17.1. The van der Waals surface area contributed by atoms with Gasteiger partial charge in [0.15, 0.2) is 5.82 Å². The molecule has 3 heterocycles. The van der Waals surface area contributed by atoms with Gasteiger partial charge in [0.1, 0.15) is 17.9 Å². The van der Waals surface area contributed by atoms with Crippen molar-refractivity contribution in [1.82, 2.24) is 34.8 Å². The Bertz CT molecular complexity index is 1370. The number of nitrogens with zero attached hydrogens (tertiary/aromatic N) is 8. The van der Waals surface area contributed by atoms with Crippen molar-refractivity contribution in [1.29, 1.82) is 0 Å². The normalized spacial score (nSPS) is 17.3. The highest BCUT2D eigenvalue weighted by molar-refractivity contribution is 5.97. The molecule has 12 heteroatoms. The van der Waals surface area contributed by atoms with Crippen LogP contribution in [0.15, 0.2) is 24.5 Å². The molecule has 4 rings (SSSR count). The number of hydrogen-bond acceptors (Lipinski definition) is 9. The Hall–Kier alpha value is -3.38. The topological polar surface area (TPSA) is 98.2 Å². The number of hydrogen-bond donors (Lipinski definition) is 0. The molecule has 2 aliphatic heterocycles. The Balaban J connectivity index is 1.38. The van der Waals surface area contributed by atoms with E-state index in [1.54, 1.807) is 9.80 Å². The van der Waals surface area contributed by atoms with E-state index in [-0.39, 0.29) is 46.5 Å². The summed E-state index contributed by atoms with van der Waals surface area (Å²) in [4.78, 5) is 40.5. The van der Waals surface area contributed by atoms with Gasteiger partial charge in [0.25, 0.3) is 11.8 Å². The number of likely N-dealkylation sites (tertiary alicyclic amines) is 1. The van der Waals surface area contributed by atoms with Gasteiger partial charge in [-0.05, 0) is 84.7 Å². The largest absolute Gasteiger partial charge is 0.434 e. The van der Waals surface area contributed by atoms with E-state index in [9.17, 15) is 14.0 Å². The van der Waals surface area contributed by atoms with Gasteiger partial charge in [-0.1, -0.05) is 13.8 Å². The van der Waals surface area contributed by atoms with Gasteiger partial charge in [0.05, 0.1) is 5.56 Å². The van der Waals surface area contributed by atoms with Crippen molar-refractivity contribution in [3.63, 3.8) is 0 Å². The molecule has 0 N–H and O–H groups in total. The molecular formula is C35H55FN8O3. The highest BCUT2D eigenvalue weighted by atomic mass is 19.1. The SMILES string of the molecule is CCN(C(=O)c1cc(F)ccc1Oc1nncnc1N1CCC2(C1)CN([C@H](CCCN(C)[C@H](C)CC(=O)N(C)C)C(C)C)C2)C(C)C. The summed E-state index contributed by atoms with van der Waals surface area (Å²) in [5.74, 6) is 0.918. The molecule has 2 fully saturated rings. The molecule has 0 aliphatic carbocycles. The third-order valence-corrected chi connectivity index (χ3v) is 9.96. The summed E-state index contributed by atoms with van der Waals surface area (Å²) < 4.78 is 20.5. The van der Waals surface area contributed by atoms with Crippen molar-refractivity contribution in [3.8, 4) is 11.6 Å². The minimum Gasteiger partial charge on any atom is -0.434 e. The second kappa shape index (κ2) is 15.7. The van der Waals surface area contributed by atoms with Crippen LogP contribution in [0.3, 0.4) is 0 Å². The maximum atomic E-state index is 14.3. The third kappa shape index (κ3) is 8.76. The Labute approximate surface area is 280 Å². The molecule has 0 saturated carbocycles. The second-order valence-electron chi connectivity index (χ2n) is 14.4. The van der Waals surface area contributed by atoms with Crippen LogP contribution in [0.4, 0.5) is 10.2 Å². The lowest BCUT2D eigenvalue weighted by Gasteiger charge is -2.53. The smallest absolute Gasteiger partial charge is 0.282 e. The van der Waals surface area contributed by atoms with E-state index in [1.807, 2.05) is 34.9 Å². The van der Waals surface area contributed by atoms with Crippen LogP contribution in [-0.4, -0.2) is 125 Å². The van der Waals surface area contributed by atoms with Crippen LogP contribution in [0, 0.1) is 17.2 Å². The molecule has 1 aromatic heterocycles. The van der Waals surface area contributed by atoms with Crippen LogP contribution >= 0.6 is 0 Å². The maximum Gasteiger partial charge on any atom is 0.282 e. The van der Waals surface area contributed by atoms with Gasteiger partial charge < -0.3 is 24.3 Å². The summed E-state index contributed by atoms with van der Waals surface area (Å²) in [6.45, 7) is 17.7. The van der Waals surface area contributed by atoms with Crippen LogP contribution in [0.25, 0.3) is 0 Å². The van der Waals surface area contributed by atoms with Crippen molar-refractivity contribution in [2.45, 2.75) is 85.4 Å². The zero-order chi connectivity index (χ0) is 34.5. The van der Waals surface area contributed by atoms with Gasteiger partial charge in [-0.25, -0.2) is 9.37 Å². The summed E-state index contributed by atoms with van der Waals surface area (Å²) >= 11 is 0. The van der Waals surface area contributed by atoms with Crippen molar-refractivity contribution in [2.24, 2.45) is 11.3 Å². The lowest BCUT2D eigenvalue weighted by Crippen LogP contribution is -2.62. The molecule has 1 aromatic carbocycles. The van der Waals surface area contributed by atoms with E-state index >= 15 is 0 Å². The fourth-order valence-corrected chi connectivity index (χ4v) is 7.02. The van der Waals surface area contributed by atoms with Crippen molar-refractivity contribution in [2.75, 3.05) is 65.3 Å². The average molecular weight is 655 g/mol. The summed E-state index contributed by atoms with van der Waals surface area (Å²) in [6.07, 6.45) is 5.20. The average Bonchev–Trinajstić information content (AvgIpc) is 3.45. The molecule has 47 heavy (non-hydrogen) atoms. The van der Waals surface area contributed by atoms with E-state index in [1.165, 1.54) is 24.5 Å². The lowest BCUT2D eigenvalue weighted by molar-refractivity contribution is -0.129. The monoisotopic (exact) mass is 654 g/mol. The van der Waals surface area contributed by atoms with Gasteiger partial charge in [-0.15, -0.1) is 10.2 Å². The first-order valence-electron chi connectivity index (χ1n) is 17.1. The molecule has 2 amide bonds. The summed E-state index contributed by atoms with van der Waals surface area (Å²) in [5.41, 5.74) is 0.315. The number of halogens is 1. The lowest BCUT2D eigenvalue weighted by atomic mass is 9.76. The van der Waals surface area contributed by atoms with Crippen LogP contribution in [0.1, 0.15) is 77.6 Å². The summed E-state index contributed by atoms with van der Waals surface area (Å²) in [7, 11) is 5.73. The maximum absolute atomic E-state index is 14.3. The van der Waals surface area contributed by atoms with Gasteiger partial charge in [0, 0.05) is 76.8 Å². The quantitative estimate of drug-likeness (QED) is 0.269. The van der Waals surface area contributed by atoms with Gasteiger partial charge >= 0.3 is 0 Å². The number of carbonyl (C=O) groups is 2. The zero-order valence-electron chi connectivity index (χ0n) is 29.9. The minimum atomic E-state index is -0.508. The number of benzene rings is 1. The van der Waals surface area contributed by atoms with Crippen LogP contribution in [-0.2, 0) is 4.79 Å². The second-order valence-corrected chi connectivity index (χ2v) is 14.4. The van der Waals surface area contributed by atoms with Crippen molar-refractivity contribution >= 4 is 17.6 Å². The van der Waals surface area contributed by atoms with Crippen LogP contribution < -0.4 is 9.64 Å². The molecule has 0 bridgehead atoms. The van der Waals surface area contributed by atoms with E-state index < -0.39 is 5.82 Å². The third-order valence-electron chi connectivity index (χ3n) is 9.96. The molecule has 0 unspecified atom stereocenters. The molecule has 260 valence electrons. The molecule has 11 nitrogen and oxygen atoms in total. The number of amides is 2. The van der Waals surface area contributed by atoms with E-state index in [0.29, 0.717) is 30.7 Å². The Morgan fingerprint density at radius 3 is 2.45 bits per heavy atom. The molecule has 2 aliphatic rings. The first-order chi connectivity index (χ1) is 22.2. The Morgan fingerprint density at radius 2 is 1.81 bits per heavy atom. The van der Waals surface area contributed by atoms with E-state index in [4.69, 9.17) is 4.74 Å². The van der Waals surface area contributed by atoms with Crippen LogP contribution in [0.5, 0.6) is 11.6 Å². The number of anilines is 1. The van der Waals surface area contributed by atoms with Crippen molar-refractivity contribution < 1.29 is 18.7 Å². The Morgan fingerprint density at radius 1 is 1.09 bits per heavy atom. The molecular weight excluding hydrogens is 599 g/mol. The Kier molecular flexibility index (Phi) is 12.2. The predicted octanol–water partition coefficient (Wildman–Crippen LogP) is 4.79. The van der Waals surface area contributed by atoms with E-state index in [0.717, 1.165) is 52.0 Å². The summed E-state index contributed by atoms with van der Waals surface area (Å²) in [5, 5.41) is 8.22. The number of ether oxygens (including phenoxy) is 1. The standard InChI is InChI=1S/C35H55FN8O3/c1-10-44(25(4)5)34(46)28-19-27(36)13-14-30(28)47-33-32(37-23-38-39-33)42-17-15-35(20-42)21-43(22-35)29(24(2)3)12-11-16-41(9)26(6)18-31(45)40(7)8/h13-14,19,23-26,29H,10-12,15-18,20-22H2,1-9H3/t26-,29-/m1/s1. The zero-order valence-corrected chi connectivity index (χ0v) is 29.9. The minimum absolute atomic E-state index is 0.0504. The number of carbonyl (C=O) groups excluding carboxylic acids is 2. The highest BCUT2D eigenvalue weighted by Gasteiger charge is 2.50. The first kappa shape index (κ1) is 36.5. The fraction of sp³-hybridized carbons (Fsp3) is 0.686. The van der Waals surface area contributed by atoms with Crippen LogP contribution in [0.2, 0.25) is 0 Å². The highest BCUT2D eigenvalue weighted by Crippen LogP contribution is 2.44. The van der Waals surface area contributed by atoms with Crippen molar-refractivity contribution in [3.05, 3.63) is 35.9 Å². The van der Waals surface area contributed by atoms with Gasteiger partial charge in [-0.2, -0.15) is 0 Å². The predicted molar refractivity (Wildman–Crippen MR) is 182 cm³/mol. The van der Waals surface area contributed by atoms with E-state index in [2.05, 4.69) is 57.7 Å². The van der Waals surface area contributed by atoms with Gasteiger partial charge in [-0.3, -0.25) is 14.5 Å². The summed E-state index contributed by atoms with van der Waals surface area (Å²) in [6, 6.07) is 4.64. The number of aromatic nitrogens is 3. The molecule has 1 spiro atoms. The molecule has 0 radical (unpaired) electrons. The van der Waals surface area contributed by atoms with Gasteiger partial charge in [0.2, 0.25) is 5.91 Å². The number of rotatable bonds is 15.